The largest absolute Gasteiger partial charge is 0.487 e. The molecule has 0 aliphatic heterocycles. The number of rotatable bonds is 4. The van der Waals surface area contributed by atoms with Gasteiger partial charge >= 0.3 is 5.97 Å². The second kappa shape index (κ2) is 5.54. The molecular weight excluding hydrogens is 280 g/mol. The fourth-order valence-corrected chi connectivity index (χ4v) is 2.06. The van der Waals surface area contributed by atoms with E-state index in [1.165, 1.54) is 10.9 Å². The summed E-state index contributed by atoms with van der Waals surface area (Å²) in [4.78, 5) is 11.1. The molecule has 0 fully saturated rings. The number of aromatic nitrogens is 2. The van der Waals surface area contributed by atoms with Gasteiger partial charge in [0.15, 0.2) is 0 Å². The first-order valence-electron chi connectivity index (χ1n) is 6.04. The summed E-state index contributed by atoms with van der Waals surface area (Å²) in [5.74, 6) is -0.359. The van der Waals surface area contributed by atoms with Crippen LogP contribution in [0.1, 0.15) is 27.2 Å². The summed E-state index contributed by atoms with van der Waals surface area (Å²) in [6.45, 7) is 3.93. The van der Waals surface area contributed by atoms with Crippen LogP contribution < -0.4 is 4.74 Å². The van der Waals surface area contributed by atoms with Gasteiger partial charge in [0.05, 0.1) is 11.9 Å². The van der Waals surface area contributed by atoms with Crippen LogP contribution in [0.5, 0.6) is 5.75 Å². The van der Waals surface area contributed by atoms with Gasteiger partial charge in [-0.25, -0.2) is 4.79 Å². The second-order valence-electron chi connectivity index (χ2n) is 4.59. The summed E-state index contributed by atoms with van der Waals surface area (Å²) in [6, 6.07) is 3.65. The van der Waals surface area contributed by atoms with E-state index in [1.54, 1.807) is 7.05 Å². The topological polar surface area (TPSA) is 64.3 Å². The number of hydrogen-bond acceptors (Lipinski definition) is 3. The fraction of sp³-hybridized carbons (Fsp3) is 0.286. The third kappa shape index (κ3) is 2.77. The maximum atomic E-state index is 11.1. The van der Waals surface area contributed by atoms with Crippen molar-refractivity contribution in [3.8, 4) is 5.75 Å². The fourth-order valence-electron chi connectivity index (χ4n) is 1.95. The lowest BCUT2D eigenvalue weighted by atomic mass is 10.1. The first-order valence-corrected chi connectivity index (χ1v) is 6.41. The summed E-state index contributed by atoms with van der Waals surface area (Å²) in [7, 11) is 1.68. The van der Waals surface area contributed by atoms with Gasteiger partial charge in [-0.05, 0) is 37.1 Å². The zero-order valence-electron chi connectivity index (χ0n) is 11.5. The predicted molar refractivity (Wildman–Crippen MR) is 75.4 cm³/mol. The summed E-state index contributed by atoms with van der Waals surface area (Å²) < 4.78 is 7.15. The van der Waals surface area contributed by atoms with Crippen molar-refractivity contribution in [2.75, 3.05) is 0 Å². The van der Waals surface area contributed by atoms with E-state index in [0.717, 1.165) is 11.1 Å². The number of ether oxygens (including phenoxy) is 1. The Morgan fingerprint density at radius 1 is 1.40 bits per heavy atom. The summed E-state index contributed by atoms with van der Waals surface area (Å²) in [5.41, 5.74) is 2.51. The van der Waals surface area contributed by atoms with Crippen LogP contribution >= 0.6 is 11.6 Å². The summed E-state index contributed by atoms with van der Waals surface area (Å²) in [6.07, 6.45) is 1.32. The van der Waals surface area contributed by atoms with Crippen molar-refractivity contribution in [3.05, 3.63) is 45.7 Å². The SMILES string of the molecule is Cc1cc(OCc2c(C(=O)O)cnn2C)cc(C)c1Cl. The molecule has 0 saturated carbocycles. The van der Waals surface area contributed by atoms with E-state index in [9.17, 15) is 4.79 Å². The number of hydrogen-bond donors (Lipinski definition) is 1. The smallest absolute Gasteiger partial charge is 0.339 e. The average molecular weight is 295 g/mol. The van der Waals surface area contributed by atoms with E-state index < -0.39 is 5.97 Å². The number of halogens is 1. The van der Waals surface area contributed by atoms with Crippen LogP contribution in [0, 0.1) is 13.8 Å². The predicted octanol–water partition coefficient (Wildman–Crippen LogP) is 2.97. The molecule has 1 N–H and O–H groups in total. The molecule has 0 radical (unpaired) electrons. The molecule has 0 aliphatic carbocycles. The van der Waals surface area contributed by atoms with Gasteiger partial charge in [0, 0.05) is 12.1 Å². The van der Waals surface area contributed by atoms with Crippen LogP contribution in [-0.4, -0.2) is 20.9 Å². The highest BCUT2D eigenvalue weighted by atomic mass is 35.5. The van der Waals surface area contributed by atoms with Gasteiger partial charge < -0.3 is 9.84 Å². The van der Waals surface area contributed by atoms with E-state index >= 15 is 0 Å². The number of nitrogens with zero attached hydrogens (tertiary/aromatic N) is 2. The first-order chi connectivity index (χ1) is 9.40. The molecule has 2 aromatic rings. The molecule has 0 aliphatic rings. The van der Waals surface area contributed by atoms with Crippen molar-refractivity contribution in [2.45, 2.75) is 20.5 Å². The van der Waals surface area contributed by atoms with Crippen LogP contribution in [0.3, 0.4) is 0 Å². The molecular formula is C14H15ClN2O3. The molecule has 0 bridgehead atoms. The Morgan fingerprint density at radius 3 is 2.55 bits per heavy atom. The monoisotopic (exact) mass is 294 g/mol. The van der Waals surface area contributed by atoms with E-state index in [1.807, 2.05) is 26.0 Å². The van der Waals surface area contributed by atoms with E-state index in [0.29, 0.717) is 16.5 Å². The lowest BCUT2D eigenvalue weighted by Crippen LogP contribution is -2.08. The minimum atomic E-state index is -1.01. The molecule has 0 spiro atoms. The molecule has 5 nitrogen and oxygen atoms in total. The molecule has 20 heavy (non-hydrogen) atoms. The third-order valence-electron chi connectivity index (χ3n) is 3.08. The highest BCUT2D eigenvalue weighted by Gasteiger charge is 2.15. The molecule has 0 amide bonds. The Balaban J connectivity index is 2.21. The van der Waals surface area contributed by atoms with Crippen LogP contribution in [0.4, 0.5) is 0 Å². The van der Waals surface area contributed by atoms with Gasteiger partial charge in [-0.15, -0.1) is 0 Å². The summed E-state index contributed by atoms with van der Waals surface area (Å²) >= 11 is 6.09. The highest BCUT2D eigenvalue weighted by molar-refractivity contribution is 6.32. The average Bonchev–Trinajstić information content (AvgIpc) is 2.74. The van der Waals surface area contributed by atoms with Gasteiger partial charge in [0.25, 0.3) is 0 Å². The van der Waals surface area contributed by atoms with Gasteiger partial charge in [0.1, 0.15) is 17.9 Å². The second-order valence-corrected chi connectivity index (χ2v) is 4.97. The first kappa shape index (κ1) is 14.4. The van der Waals surface area contributed by atoms with Crippen LogP contribution in [0.2, 0.25) is 5.02 Å². The van der Waals surface area contributed by atoms with Gasteiger partial charge in [-0.1, -0.05) is 11.6 Å². The van der Waals surface area contributed by atoms with Crippen molar-refractivity contribution < 1.29 is 14.6 Å². The Kier molecular flexibility index (Phi) is 3.99. The molecule has 106 valence electrons. The molecule has 6 heteroatoms. The third-order valence-corrected chi connectivity index (χ3v) is 3.67. The molecule has 0 saturated heterocycles. The van der Waals surface area contributed by atoms with Crippen molar-refractivity contribution in [3.63, 3.8) is 0 Å². The molecule has 1 aromatic carbocycles. The molecule has 0 atom stereocenters. The highest BCUT2D eigenvalue weighted by Crippen LogP contribution is 2.26. The van der Waals surface area contributed by atoms with Crippen molar-refractivity contribution in [2.24, 2.45) is 7.05 Å². The van der Waals surface area contributed by atoms with Gasteiger partial charge in [0.2, 0.25) is 0 Å². The number of aryl methyl sites for hydroxylation is 3. The van der Waals surface area contributed by atoms with E-state index in [-0.39, 0.29) is 12.2 Å². The molecule has 2 rings (SSSR count). The minimum Gasteiger partial charge on any atom is -0.487 e. The molecule has 1 aromatic heterocycles. The van der Waals surface area contributed by atoms with Crippen molar-refractivity contribution >= 4 is 17.6 Å². The maximum absolute atomic E-state index is 11.1. The Labute approximate surface area is 121 Å². The lowest BCUT2D eigenvalue weighted by molar-refractivity contribution is 0.0693. The van der Waals surface area contributed by atoms with E-state index in [4.69, 9.17) is 21.4 Å². The number of benzene rings is 1. The zero-order chi connectivity index (χ0) is 14.9. The normalized spacial score (nSPS) is 10.6. The zero-order valence-corrected chi connectivity index (χ0v) is 12.2. The Bertz CT molecular complexity index is 641. The number of carboxylic acids is 1. The van der Waals surface area contributed by atoms with Crippen molar-refractivity contribution in [1.29, 1.82) is 0 Å². The van der Waals surface area contributed by atoms with Crippen LogP contribution in [0.25, 0.3) is 0 Å². The van der Waals surface area contributed by atoms with Gasteiger partial charge in [-0.2, -0.15) is 5.10 Å². The minimum absolute atomic E-state index is 0.138. The number of carbonyl (C=O) groups is 1. The Hall–Kier alpha value is -2.01. The van der Waals surface area contributed by atoms with Gasteiger partial charge in [-0.3, -0.25) is 4.68 Å². The Morgan fingerprint density at radius 2 is 2.00 bits per heavy atom. The van der Waals surface area contributed by atoms with Crippen molar-refractivity contribution in [1.82, 2.24) is 9.78 Å². The number of aromatic carboxylic acids is 1. The molecule has 0 unspecified atom stereocenters. The lowest BCUT2D eigenvalue weighted by Gasteiger charge is -2.10. The van der Waals surface area contributed by atoms with Crippen LogP contribution in [0.15, 0.2) is 18.3 Å². The maximum Gasteiger partial charge on any atom is 0.339 e. The van der Waals surface area contributed by atoms with E-state index in [2.05, 4.69) is 5.10 Å². The molecule has 1 heterocycles. The summed E-state index contributed by atoms with van der Waals surface area (Å²) in [5, 5.41) is 13.7. The quantitative estimate of drug-likeness (QED) is 0.941. The van der Waals surface area contributed by atoms with Crippen LogP contribution in [-0.2, 0) is 13.7 Å². The number of carboxylic acid groups (broad SMARTS) is 1. The standard InChI is InChI=1S/C14H15ClN2O3/c1-8-4-10(5-9(2)13(8)15)20-7-12-11(14(18)19)6-16-17(12)3/h4-6H,7H2,1-3H3,(H,18,19).